The summed E-state index contributed by atoms with van der Waals surface area (Å²) in [6, 6.07) is 11.7. The predicted molar refractivity (Wildman–Crippen MR) is 149 cm³/mol. The maximum Gasteiger partial charge on any atom is 0.284 e. The third-order valence-corrected chi connectivity index (χ3v) is 8.44. The number of hydrogen-bond acceptors (Lipinski definition) is 6. The summed E-state index contributed by atoms with van der Waals surface area (Å²) in [6.45, 7) is 4.88. The molecule has 2 aromatic carbocycles. The quantitative estimate of drug-likeness (QED) is 0.206. The Hall–Kier alpha value is -2.30. The van der Waals surface area contributed by atoms with Crippen molar-refractivity contribution in [3.63, 3.8) is 0 Å². The zero-order valence-corrected chi connectivity index (χ0v) is 23.9. The van der Waals surface area contributed by atoms with E-state index in [0.717, 1.165) is 34.6 Å². The number of rotatable bonds is 12. The standard InChI is InChI=1S/C26H31BrN2O5S2/c1-4-6-7-8-9-16-34-22-15-10-19(17-23(22)33-3)18-24-25(30)29(5-2)26(35-24)28-36(31,32)21-13-11-20(27)12-14-21/h10-15,17-18H,4-9,16H2,1-3H3/b24-18-,28-26?. The number of methoxy groups -OCH3 is 1. The number of carbonyl (C=O) groups is 1. The van der Waals surface area contributed by atoms with E-state index in [0.29, 0.717) is 29.6 Å². The fourth-order valence-electron chi connectivity index (χ4n) is 3.55. The van der Waals surface area contributed by atoms with Gasteiger partial charge in [0, 0.05) is 11.0 Å². The Morgan fingerprint density at radius 3 is 2.42 bits per heavy atom. The van der Waals surface area contributed by atoms with Crippen LogP contribution in [-0.2, 0) is 14.8 Å². The van der Waals surface area contributed by atoms with Crippen LogP contribution in [0.15, 0.2) is 61.1 Å². The number of likely N-dealkylation sites (N-methyl/N-ethyl adjacent to an activating group) is 1. The zero-order chi connectivity index (χ0) is 26.1. The average Bonchev–Trinajstić information content (AvgIpc) is 3.14. The number of carbonyl (C=O) groups excluding carboxylic acids is 1. The molecule has 0 unspecified atom stereocenters. The van der Waals surface area contributed by atoms with Crippen LogP contribution in [-0.4, -0.2) is 44.7 Å². The Morgan fingerprint density at radius 1 is 1.03 bits per heavy atom. The number of ether oxygens (including phenoxy) is 2. The van der Waals surface area contributed by atoms with Crippen molar-refractivity contribution in [2.45, 2.75) is 50.8 Å². The number of sulfonamides is 1. The number of thioether (sulfide) groups is 1. The van der Waals surface area contributed by atoms with Gasteiger partial charge in [0.15, 0.2) is 16.7 Å². The first-order chi connectivity index (χ1) is 17.3. The monoisotopic (exact) mass is 594 g/mol. The van der Waals surface area contributed by atoms with Gasteiger partial charge in [0.2, 0.25) is 0 Å². The van der Waals surface area contributed by atoms with E-state index in [4.69, 9.17) is 9.47 Å². The highest BCUT2D eigenvalue weighted by Gasteiger charge is 2.34. The van der Waals surface area contributed by atoms with Crippen LogP contribution in [0.5, 0.6) is 11.5 Å². The van der Waals surface area contributed by atoms with Crippen LogP contribution < -0.4 is 9.47 Å². The Bertz CT molecular complexity index is 1230. The fraction of sp³-hybridized carbons (Fsp3) is 0.385. The van der Waals surface area contributed by atoms with E-state index in [1.165, 1.54) is 36.3 Å². The number of amidine groups is 1. The second-order valence-electron chi connectivity index (χ2n) is 8.14. The molecule has 1 aliphatic heterocycles. The number of nitrogens with zero attached hydrogens (tertiary/aromatic N) is 2. The lowest BCUT2D eigenvalue weighted by atomic mass is 10.1. The van der Waals surface area contributed by atoms with Gasteiger partial charge in [-0.25, -0.2) is 0 Å². The lowest BCUT2D eigenvalue weighted by molar-refractivity contribution is -0.122. The molecule has 36 heavy (non-hydrogen) atoms. The molecule has 0 aromatic heterocycles. The summed E-state index contributed by atoms with van der Waals surface area (Å²) in [5, 5.41) is 0.131. The fourth-order valence-corrected chi connectivity index (χ4v) is 6.06. The van der Waals surface area contributed by atoms with Crippen molar-refractivity contribution in [3.8, 4) is 11.5 Å². The molecule has 0 bridgehead atoms. The van der Waals surface area contributed by atoms with Crippen molar-refractivity contribution in [2.75, 3.05) is 20.3 Å². The molecule has 2 aromatic rings. The number of hydrogen-bond donors (Lipinski definition) is 0. The van der Waals surface area contributed by atoms with Gasteiger partial charge in [-0.05, 0) is 73.1 Å². The average molecular weight is 596 g/mol. The molecular formula is C26H31BrN2O5S2. The lowest BCUT2D eigenvalue weighted by Crippen LogP contribution is -2.29. The summed E-state index contributed by atoms with van der Waals surface area (Å²) in [7, 11) is -2.39. The molecule has 0 saturated carbocycles. The van der Waals surface area contributed by atoms with Crippen LogP contribution in [0.2, 0.25) is 0 Å². The van der Waals surface area contributed by atoms with Gasteiger partial charge in [-0.2, -0.15) is 8.42 Å². The summed E-state index contributed by atoms with van der Waals surface area (Å²) in [5.74, 6) is 0.935. The van der Waals surface area contributed by atoms with E-state index in [2.05, 4.69) is 27.3 Å². The lowest BCUT2D eigenvalue weighted by Gasteiger charge is -2.12. The molecule has 1 saturated heterocycles. The Kier molecular flexibility index (Phi) is 10.4. The third-order valence-electron chi connectivity index (χ3n) is 5.50. The minimum atomic E-state index is -3.97. The molecule has 1 fully saturated rings. The SMILES string of the molecule is CCCCCCCOc1ccc(/C=C2\SC(=NS(=O)(=O)c3ccc(Br)cc3)N(CC)C2=O)cc1OC. The molecule has 7 nitrogen and oxygen atoms in total. The largest absolute Gasteiger partial charge is 0.493 e. The minimum Gasteiger partial charge on any atom is -0.493 e. The van der Waals surface area contributed by atoms with Crippen LogP contribution in [0.4, 0.5) is 0 Å². The van der Waals surface area contributed by atoms with Gasteiger partial charge < -0.3 is 9.47 Å². The zero-order valence-electron chi connectivity index (χ0n) is 20.7. The molecule has 194 valence electrons. The molecular weight excluding hydrogens is 564 g/mol. The molecule has 1 heterocycles. The molecule has 1 aliphatic rings. The van der Waals surface area contributed by atoms with Crippen molar-refractivity contribution in [3.05, 3.63) is 57.4 Å². The Labute approximate surface area is 226 Å². The normalized spacial score (nSPS) is 16.2. The highest BCUT2D eigenvalue weighted by Crippen LogP contribution is 2.35. The van der Waals surface area contributed by atoms with Crippen LogP contribution in [0.1, 0.15) is 51.5 Å². The molecule has 3 rings (SSSR count). The van der Waals surface area contributed by atoms with Crippen molar-refractivity contribution >= 4 is 54.9 Å². The third kappa shape index (κ3) is 7.36. The van der Waals surface area contributed by atoms with Crippen LogP contribution >= 0.6 is 27.7 Å². The first kappa shape index (κ1) is 28.3. The number of benzene rings is 2. The van der Waals surface area contributed by atoms with Crippen molar-refractivity contribution < 1.29 is 22.7 Å². The molecule has 0 atom stereocenters. The smallest absolute Gasteiger partial charge is 0.284 e. The van der Waals surface area contributed by atoms with Gasteiger partial charge in [-0.3, -0.25) is 9.69 Å². The van der Waals surface area contributed by atoms with E-state index in [9.17, 15) is 13.2 Å². The summed E-state index contributed by atoms with van der Waals surface area (Å²) < 4.78 is 41.7. The molecule has 0 aliphatic carbocycles. The van der Waals surface area contributed by atoms with E-state index in [1.807, 2.05) is 12.1 Å². The Balaban J connectivity index is 1.77. The second kappa shape index (κ2) is 13.3. The molecule has 1 amide bonds. The molecule has 10 heteroatoms. The number of amides is 1. The summed E-state index contributed by atoms with van der Waals surface area (Å²) in [5.41, 5.74) is 0.742. The molecule has 0 radical (unpaired) electrons. The second-order valence-corrected chi connectivity index (χ2v) is 11.7. The summed E-state index contributed by atoms with van der Waals surface area (Å²) in [6.07, 6.45) is 7.48. The van der Waals surface area contributed by atoms with Crippen molar-refractivity contribution in [1.82, 2.24) is 4.90 Å². The highest BCUT2D eigenvalue weighted by atomic mass is 79.9. The minimum absolute atomic E-state index is 0.0606. The Morgan fingerprint density at radius 2 is 1.75 bits per heavy atom. The molecule has 0 spiro atoms. The van der Waals surface area contributed by atoms with Gasteiger partial charge in [-0.15, -0.1) is 4.40 Å². The first-order valence-electron chi connectivity index (χ1n) is 11.9. The van der Waals surface area contributed by atoms with Crippen molar-refractivity contribution in [2.24, 2.45) is 4.40 Å². The van der Waals surface area contributed by atoms with Crippen molar-refractivity contribution in [1.29, 1.82) is 0 Å². The van der Waals surface area contributed by atoms with E-state index < -0.39 is 10.0 Å². The van der Waals surface area contributed by atoms with Gasteiger partial charge in [-0.1, -0.05) is 54.6 Å². The maximum atomic E-state index is 13.0. The van der Waals surface area contributed by atoms with E-state index >= 15 is 0 Å². The van der Waals surface area contributed by atoms with Gasteiger partial charge in [0.05, 0.1) is 23.5 Å². The first-order valence-corrected chi connectivity index (χ1v) is 15.0. The van der Waals surface area contributed by atoms with Gasteiger partial charge in [0.25, 0.3) is 15.9 Å². The highest BCUT2D eigenvalue weighted by molar-refractivity contribution is 9.10. The summed E-state index contributed by atoms with van der Waals surface area (Å²) >= 11 is 4.33. The van der Waals surface area contributed by atoms with Crippen LogP contribution in [0.3, 0.4) is 0 Å². The van der Waals surface area contributed by atoms with Gasteiger partial charge >= 0.3 is 0 Å². The van der Waals surface area contributed by atoms with Crippen LogP contribution in [0.25, 0.3) is 6.08 Å². The predicted octanol–water partition coefficient (Wildman–Crippen LogP) is 6.49. The number of halogens is 1. The van der Waals surface area contributed by atoms with Gasteiger partial charge in [0.1, 0.15) is 0 Å². The topological polar surface area (TPSA) is 85.3 Å². The maximum absolute atomic E-state index is 13.0. The molecule has 0 N–H and O–H groups in total. The van der Waals surface area contributed by atoms with E-state index in [1.54, 1.807) is 38.3 Å². The number of unbranched alkanes of at least 4 members (excludes halogenated alkanes) is 4. The van der Waals surface area contributed by atoms with Crippen LogP contribution in [0, 0.1) is 0 Å². The van der Waals surface area contributed by atoms with E-state index in [-0.39, 0.29) is 16.0 Å². The summed E-state index contributed by atoms with van der Waals surface area (Å²) in [4.78, 5) is 14.8.